The summed E-state index contributed by atoms with van der Waals surface area (Å²) in [6, 6.07) is 52.2. The number of hydrogen-bond acceptors (Lipinski definition) is 8. The zero-order chi connectivity index (χ0) is 58.4. The Bertz CT molecular complexity index is 4600. The van der Waals surface area contributed by atoms with Crippen LogP contribution in [0, 0.1) is 50.0 Å². The van der Waals surface area contributed by atoms with Crippen molar-refractivity contribution in [3.8, 4) is 58.1 Å². The Morgan fingerprint density at radius 2 is 0.810 bits per heavy atom. The first-order valence-electron chi connectivity index (χ1n) is 28.9. The normalized spacial score (nSPS) is 14.2. The van der Waals surface area contributed by atoms with Crippen molar-refractivity contribution in [1.29, 1.82) is 10.5 Å². The fraction of sp³-hybridized carbons (Fsp3) is 0.208. The predicted molar refractivity (Wildman–Crippen MR) is 342 cm³/mol. The van der Waals surface area contributed by atoms with Gasteiger partial charge in [0.15, 0.2) is 5.69 Å². The molecule has 0 atom stereocenters. The second-order valence-electron chi connectivity index (χ2n) is 26.8. The quantitative estimate of drug-likeness (QED) is 0.125. The van der Waals surface area contributed by atoms with Crippen LogP contribution < -0.4 is 77.9 Å². The Hall–Kier alpha value is -9.56. The lowest BCUT2D eigenvalue weighted by Crippen LogP contribution is -2.65. The van der Waals surface area contributed by atoms with Gasteiger partial charge in [-0.1, -0.05) is 129 Å². The average molecular weight is 1090 g/mol. The molecule has 0 fully saturated rings. The molecule has 9 aromatic carbocycles. The number of anilines is 6. The lowest BCUT2D eigenvalue weighted by atomic mass is 9.29. The Morgan fingerprint density at radius 1 is 0.405 bits per heavy atom. The van der Waals surface area contributed by atoms with Crippen molar-refractivity contribution >= 4 is 109 Å². The summed E-state index contributed by atoms with van der Waals surface area (Å²) in [5.41, 5.74) is 22.5. The second-order valence-corrected chi connectivity index (χ2v) is 26.8. The van der Waals surface area contributed by atoms with Gasteiger partial charge in [-0.2, -0.15) is 10.5 Å². The number of nitrogens with zero attached hydrogens (tertiary/aromatic N) is 5. The van der Waals surface area contributed by atoms with Gasteiger partial charge in [-0.15, -0.1) is 0 Å². The minimum absolute atomic E-state index is 0.102. The summed E-state index contributed by atoms with van der Waals surface area (Å²) < 4.78 is 28.0. The summed E-state index contributed by atoms with van der Waals surface area (Å²) in [6.07, 6.45) is 0. The van der Waals surface area contributed by atoms with Gasteiger partial charge in [-0.25, -0.2) is 4.85 Å². The lowest BCUT2D eigenvalue weighted by molar-refractivity contribution is 0.463. The van der Waals surface area contributed by atoms with Gasteiger partial charge in [-0.05, 0) is 164 Å². The molecular weight excluding hydrogens is 1030 g/mol. The van der Waals surface area contributed by atoms with E-state index in [4.69, 9.17) is 25.5 Å². The summed E-state index contributed by atoms with van der Waals surface area (Å²) in [5.74, 6) is 5.26. The molecule has 6 heterocycles. The van der Waals surface area contributed by atoms with Crippen LogP contribution in [-0.2, 0) is 16.2 Å². The molecule has 6 aliphatic rings. The van der Waals surface area contributed by atoms with E-state index >= 15 is 0 Å². The molecule has 9 nitrogen and oxygen atoms in total. The molecule has 0 aromatic heterocycles. The van der Waals surface area contributed by atoms with E-state index in [1.54, 1.807) is 0 Å². The third-order valence-corrected chi connectivity index (χ3v) is 18.2. The van der Waals surface area contributed by atoms with Gasteiger partial charge < -0.3 is 28.7 Å². The predicted octanol–water partition coefficient (Wildman–Crippen LogP) is 12.3. The van der Waals surface area contributed by atoms with E-state index in [-0.39, 0.29) is 29.7 Å². The van der Waals surface area contributed by atoms with Crippen molar-refractivity contribution in [2.45, 2.75) is 99.3 Å². The van der Waals surface area contributed by atoms with Crippen LogP contribution >= 0.6 is 0 Å². The minimum atomic E-state index is -0.400. The van der Waals surface area contributed by atoms with Gasteiger partial charge in [0.05, 0.1) is 35.5 Å². The number of ether oxygens (including phenoxy) is 4. The monoisotopic (exact) mass is 1090 g/mol. The molecule has 9 aromatic rings. The van der Waals surface area contributed by atoms with E-state index in [1.165, 1.54) is 16.7 Å². The highest BCUT2D eigenvalue weighted by Gasteiger charge is 2.50. The smallest absolute Gasteiger partial charge is 0.260 e. The molecule has 15 rings (SSSR count). The molecule has 84 heavy (non-hydrogen) atoms. The van der Waals surface area contributed by atoms with Gasteiger partial charge in [0, 0.05) is 51.5 Å². The van der Waals surface area contributed by atoms with Crippen molar-refractivity contribution in [2.75, 3.05) is 9.80 Å². The molecule has 6 aliphatic heterocycles. The first kappa shape index (κ1) is 51.3. The SMILES string of the molecule is [C-]#[N+]c1cc2c3c(c1)Oc1cc4c(cc1B3c1cc(C(C)(C)C)ccc1O2)B1c2cc3c(cc2N(c2c(C)cc(C)cc2C)c2cc(C#N)cc(c21)N4c1ccc(C(C)(C)C)cc1)Oc1cc(C#N)cc2c1B3c1cc(C(C)(C)C)ccc1O2. The molecule has 0 spiro atoms. The van der Waals surface area contributed by atoms with Crippen LogP contribution in [0.15, 0.2) is 133 Å². The van der Waals surface area contributed by atoms with Crippen LogP contribution in [0.5, 0.6) is 46.0 Å². The van der Waals surface area contributed by atoms with Crippen LogP contribution in [0.1, 0.15) is 107 Å². The maximum absolute atomic E-state index is 11.3. The Morgan fingerprint density at radius 3 is 1.27 bits per heavy atom. The van der Waals surface area contributed by atoms with E-state index in [0.29, 0.717) is 51.3 Å². The lowest BCUT2D eigenvalue weighted by Gasteiger charge is -2.46. The Balaban J connectivity index is 1.07. The fourth-order valence-electron chi connectivity index (χ4n) is 14.3. The summed E-state index contributed by atoms with van der Waals surface area (Å²) in [7, 11) is 0. The number of benzene rings is 9. The van der Waals surface area contributed by atoms with Gasteiger partial charge in [0.25, 0.3) is 20.1 Å². The first-order chi connectivity index (χ1) is 40.1. The fourth-order valence-corrected chi connectivity index (χ4v) is 14.3. The summed E-state index contributed by atoms with van der Waals surface area (Å²) in [5, 5.41) is 21.7. The third-order valence-electron chi connectivity index (χ3n) is 18.2. The third kappa shape index (κ3) is 7.47. The summed E-state index contributed by atoms with van der Waals surface area (Å²) in [4.78, 5) is 8.63. The standard InChI is InChI=1S/C72H58B3N5O4/c1-38-22-39(2)69(40(3)23-38)80-55-35-61-53(74-50-28-44(71(7,8)9)16-20-58(50)81-62-26-42(37-77)27-63(83-61)67(62)74)33-49(55)73-48-32-52-60(84-65-31-46(78-13)30-64-68(65)75(52)51-29-45(72(10,11)12)17-21-59(51)82-64)34-54(48)79(47-18-14-43(15-19-47)70(4,5)6)56-24-41(36-76)25-57(80)66(56)73/h14-35H,1-12H3. The highest BCUT2D eigenvalue weighted by Crippen LogP contribution is 2.50. The molecule has 0 aliphatic carbocycles. The van der Waals surface area contributed by atoms with Crippen molar-refractivity contribution < 1.29 is 18.9 Å². The molecule has 0 N–H and O–H groups in total. The maximum Gasteiger partial charge on any atom is 0.260 e. The van der Waals surface area contributed by atoms with E-state index < -0.39 is 6.71 Å². The summed E-state index contributed by atoms with van der Waals surface area (Å²) in [6.45, 7) is 33.8. The average Bonchev–Trinajstić information content (AvgIpc) is 1.49. The number of nitriles is 2. The molecule has 0 unspecified atom stereocenters. The zero-order valence-corrected chi connectivity index (χ0v) is 49.3. The van der Waals surface area contributed by atoms with Crippen molar-refractivity contribution in [3.63, 3.8) is 0 Å². The van der Waals surface area contributed by atoms with Crippen LogP contribution in [-0.4, -0.2) is 20.1 Å². The van der Waals surface area contributed by atoms with Gasteiger partial charge in [-0.3, -0.25) is 0 Å². The van der Waals surface area contributed by atoms with Crippen LogP contribution in [0.25, 0.3) is 4.85 Å². The number of fused-ring (bicyclic) bond motifs is 12. The Labute approximate surface area is 492 Å². The van der Waals surface area contributed by atoms with E-state index in [2.05, 4.69) is 219 Å². The van der Waals surface area contributed by atoms with Gasteiger partial charge in [0.1, 0.15) is 46.0 Å². The second kappa shape index (κ2) is 17.5. The van der Waals surface area contributed by atoms with E-state index in [0.717, 1.165) is 111 Å². The molecule has 404 valence electrons. The van der Waals surface area contributed by atoms with E-state index in [1.807, 2.05) is 24.3 Å². The molecule has 0 saturated heterocycles. The number of rotatable bonds is 2. The molecule has 0 bridgehead atoms. The van der Waals surface area contributed by atoms with Crippen LogP contribution in [0.2, 0.25) is 0 Å². The minimum Gasteiger partial charge on any atom is -0.460 e. The molecule has 0 saturated carbocycles. The molecule has 0 radical (unpaired) electrons. The largest absolute Gasteiger partial charge is 0.460 e. The number of hydrogen-bond donors (Lipinski definition) is 0. The topological polar surface area (TPSA) is 95.3 Å². The van der Waals surface area contributed by atoms with Crippen molar-refractivity contribution in [1.82, 2.24) is 0 Å². The first-order valence-corrected chi connectivity index (χ1v) is 28.9. The van der Waals surface area contributed by atoms with Gasteiger partial charge >= 0.3 is 0 Å². The highest BCUT2D eigenvalue weighted by molar-refractivity contribution is 7.03. The molecule has 12 heteroatoms. The number of aryl methyl sites for hydroxylation is 3. The van der Waals surface area contributed by atoms with Crippen molar-refractivity contribution in [3.05, 3.63) is 189 Å². The highest BCUT2D eigenvalue weighted by atomic mass is 16.5. The molecular formula is C72H58B3N5O4. The Kier molecular flexibility index (Phi) is 10.7. The van der Waals surface area contributed by atoms with Crippen LogP contribution in [0.3, 0.4) is 0 Å². The van der Waals surface area contributed by atoms with Gasteiger partial charge in [0.2, 0.25) is 0 Å². The molecule has 0 amide bonds. The van der Waals surface area contributed by atoms with E-state index in [9.17, 15) is 10.5 Å². The summed E-state index contributed by atoms with van der Waals surface area (Å²) >= 11 is 0. The zero-order valence-electron chi connectivity index (χ0n) is 49.3. The van der Waals surface area contributed by atoms with Crippen molar-refractivity contribution in [2.24, 2.45) is 0 Å². The maximum atomic E-state index is 11.3. The van der Waals surface area contributed by atoms with Crippen LogP contribution in [0.4, 0.5) is 39.8 Å².